The maximum absolute atomic E-state index is 13.5. The molecule has 10 heteroatoms. The van der Waals surface area contributed by atoms with Crippen molar-refractivity contribution in [2.45, 2.75) is 31.2 Å². The Morgan fingerprint density at radius 2 is 1.84 bits per heavy atom. The summed E-state index contributed by atoms with van der Waals surface area (Å²) in [6.45, 7) is 0.130. The molecule has 1 amide bonds. The molecule has 0 bridgehead atoms. The summed E-state index contributed by atoms with van der Waals surface area (Å²) in [4.78, 5) is 13.5. The molecule has 2 aromatic carbocycles. The summed E-state index contributed by atoms with van der Waals surface area (Å²) in [5.41, 5.74) is 0.265. The molecule has 0 radical (unpaired) electrons. The number of amides is 1. The highest BCUT2D eigenvalue weighted by atomic mass is 35.5. The van der Waals surface area contributed by atoms with Crippen LogP contribution in [0.4, 0.5) is 28.0 Å². The average Bonchev–Trinajstić information content (AvgIpc) is 2.71. The first-order valence-electron chi connectivity index (χ1n) is 9.63. The summed E-state index contributed by atoms with van der Waals surface area (Å²) in [7, 11) is 0. The van der Waals surface area contributed by atoms with Gasteiger partial charge in [0.2, 0.25) is 6.10 Å². The van der Waals surface area contributed by atoms with Crippen LogP contribution in [0, 0.1) is 5.82 Å². The summed E-state index contributed by atoms with van der Waals surface area (Å²) in [6, 6.07) is 11.3. The Labute approximate surface area is 181 Å². The number of hydrogen-bond acceptors (Lipinski definition) is 4. The lowest BCUT2D eigenvalue weighted by Crippen LogP contribution is -2.49. The highest BCUT2D eigenvalue weighted by molar-refractivity contribution is 6.30. The molecule has 1 aliphatic heterocycles. The zero-order chi connectivity index (χ0) is 22.4. The molecule has 1 heterocycles. The van der Waals surface area contributed by atoms with Gasteiger partial charge in [0.15, 0.2) is 0 Å². The second-order valence-electron chi connectivity index (χ2n) is 7.16. The molecule has 31 heavy (non-hydrogen) atoms. The predicted octanol–water partition coefficient (Wildman–Crippen LogP) is 5.50. The quantitative estimate of drug-likeness (QED) is 0.578. The standard InChI is InChI=1S/C21H21ClF4N2O3/c22-14-3-7-16(8-4-14)27-20(29)31-19(21(24,25)26)13-28-11-1-2-18(12-28)30-17-9-5-15(23)6-10-17/h3-10,18-19H,1-2,11-13H2,(H,27,29)/t18-,19?/m0/s1. The number of likely N-dealkylation sites (tertiary alicyclic amines) is 1. The molecule has 2 aromatic rings. The van der Waals surface area contributed by atoms with Crippen LogP contribution >= 0.6 is 11.6 Å². The van der Waals surface area contributed by atoms with Crippen LogP contribution in [-0.4, -0.2) is 49.0 Å². The molecule has 168 valence electrons. The molecular weight excluding hydrogens is 440 g/mol. The largest absolute Gasteiger partial charge is 0.489 e. The van der Waals surface area contributed by atoms with E-state index in [0.29, 0.717) is 30.2 Å². The van der Waals surface area contributed by atoms with Gasteiger partial charge in [-0.15, -0.1) is 0 Å². The van der Waals surface area contributed by atoms with E-state index in [9.17, 15) is 22.4 Å². The van der Waals surface area contributed by atoms with Crippen LogP contribution in [0.25, 0.3) is 0 Å². The smallest absolute Gasteiger partial charge is 0.426 e. The van der Waals surface area contributed by atoms with Crippen LogP contribution in [0.15, 0.2) is 48.5 Å². The molecule has 1 aliphatic rings. The van der Waals surface area contributed by atoms with Crippen LogP contribution in [0.2, 0.25) is 5.02 Å². The minimum Gasteiger partial charge on any atom is -0.489 e. The van der Waals surface area contributed by atoms with E-state index in [0.717, 1.165) is 0 Å². The minimum absolute atomic E-state index is 0.228. The summed E-state index contributed by atoms with van der Waals surface area (Å²) in [5, 5.41) is 2.69. The Kier molecular flexibility index (Phi) is 7.61. The number of piperidine rings is 1. The zero-order valence-electron chi connectivity index (χ0n) is 16.4. The first kappa shape index (κ1) is 23.1. The van der Waals surface area contributed by atoms with Gasteiger partial charge in [-0.05, 0) is 67.9 Å². The molecule has 0 aliphatic carbocycles. The number of carbonyl (C=O) groups is 1. The number of nitrogens with one attached hydrogen (secondary N) is 1. The van der Waals surface area contributed by atoms with E-state index in [1.807, 2.05) is 0 Å². The van der Waals surface area contributed by atoms with Crippen molar-refractivity contribution in [3.05, 3.63) is 59.4 Å². The lowest BCUT2D eigenvalue weighted by atomic mass is 10.1. The van der Waals surface area contributed by atoms with Crippen LogP contribution in [-0.2, 0) is 4.74 Å². The topological polar surface area (TPSA) is 50.8 Å². The van der Waals surface area contributed by atoms with Gasteiger partial charge in [-0.3, -0.25) is 10.2 Å². The van der Waals surface area contributed by atoms with Gasteiger partial charge in [0.05, 0.1) is 0 Å². The number of rotatable bonds is 6. The number of halogens is 5. The van der Waals surface area contributed by atoms with Gasteiger partial charge < -0.3 is 9.47 Å². The number of benzene rings is 2. The molecule has 1 unspecified atom stereocenters. The van der Waals surface area contributed by atoms with E-state index in [1.165, 1.54) is 48.5 Å². The summed E-state index contributed by atoms with van der Waals surface area (Å²) in [5.74, 6) is 0.0406. The number of anilines is 1. The summed E-state index contributed by atoms with van der Waals surface area (Å²) < 4.78 is 63.9. The molecule has 0 aromatic heterocycles. The number of alkyl halides is 3. The summed E-state index contributed by atoms with van der Waals surface area (Å²) >= 11 is 5.75. The van der Waals surface area contributed by atoms with Crippen molar-refractivity contribution in [1.82, 2.24) is 4.90 Å². The van der Waals surface area contributed by atoms with E-state index in [1.54, 1.807) is 4.90 Å². The van der Waals surface area contributed by atoms with Gasteiger partial charge in [0.1, 0.15) is 17.7 Å². The van der Waals surface area contributed by atoms with Crippen molar-refractivity contribution in [3.63, 3.8) is 0 Å². The van der Waals surface area contributed by atoms with E-state index >= 15 is 0 Å². The van der Waals surface area contributed by atoms with Crippen LogP contribution in [0.5, 0.6) is 5.75 Å². The van der Waals surface area contributed by atoms with Crippen LogP contribution in [0.1, 0.15) is 12.8 Å². The number of ether oxygens (including phenoxy) is 2. The maximum atomic E-state index is 13.5. The summed E-state index contributed by atoms with van der Waals surface area (Å²) in [6.07, 6.45) is -7.32. The van der Waals surface area contributed by atoms with E-state index in [4.69, 9.17) is 16.3 Å². The highest BCUT2D eigenvalue weighted by Gasteiger charge is 2.44. The molecule has 1 N–H and O–H groups in total. The number of hydrogen-bond donors (Lipinski definition) is 1. The molecule has 5 nitrogen and oxygen atoms in total. The molecule has 0 saturated carbocycles. The Hall–Kier alpha value is -2.52. The maximum Gasteiger partial charge on any atom is 0.426 e. The van der Waals surface area contributed by atoms with Crippen LogP contribution in [0.3, 0.4) is 0 Å². The Morgan fingerprint density at radius 3 is 2.48 bits per heavy atom. The molecule has 2 atom stereocenters. The minimum atomic E-state index is -4.73. The highest BCUT2D eigenvalue weighted by Crippen LogP contribution is 2.26. The van der Waals surface area contributed by atoms with Crippen molar-refractivity contribution in [3.8, 4) is 5.75 Å². The molecular formula is C21H21ClF4N2O3. The predicted molar refractivity (Wildman–Crippen MR) is 108 cm³/mol. The molecule has 1 saturated heterocycles. The molecule has 0 spiro atoms. The normalized spacial score (nSPS) is 18.3. The van der Waals surface area contributed by atoms with Gasteiger partial charge in [0, 0.05) is 23.8 Å². The Balaban J connectivity index is 1.57. The van der Waals surface area contributed by atoms with E-state index in [2.05, 4.69) is 10.1 Å². The van der Waals surface area contributed by atoms with Crippen LogP contribution < -0.4 is 10.1 Å². The van der Waals surface area contributed by atoms with Gasteiger partial charge in [-0.2, -0.15) is 13.2 Å². The zero-order valence-corrected chi connectivity index (χ0v) is 17.1. The van der Waals surface area contributed by atoms with E-state index in [-0.39, 0.29) is 18.3 Å². The van der Waals surface area contributed by atoms with Gasteiger partial charge >= 0.3 is 12.3 Å². The number of carbonyl (C=O) groups excluding carboxylic acids is 1. The van der Waals surface area contributed by atoms with Gasteiger partial charge in [-0.1, -0.05) is 11.6 Å². The lowest BCUT2D eigenvalue weighted by Gasteiger charge is -2.35. The van der Waals surface area contributed by atoms with Crippen molar-refractivity contribution < 1.29 is 31.8 Å². The Morgan fingerprint density at radius 1 is 1.16 bits per heavy atom. The third kappa shape index (κ3) is 7.29. The Bertz CT molecular complexity index is 862. The lowest BCUT2D eigenvalue weighted by molar-refractivity contribution is -0.207. The van der Waals surface area contributed by atoms with Crippen molar-refractivity contribution in [1.29, 1.82) is 0 Å². The molecule has 3 rings (SSSR count). The third-order valence-corrected chi connectivity index (χ3v) is 4.96. The van der Waals surface area contributed by atoms with Gasteiger partial charge in [0.25, 0.3) is 0 Å². The monoisotopic (exact) mass is 460 g/mol. The van der Waals surface area contributed by atoms with E-state index < -0.39 is 30.7 Å². The second kappa shape index (κ2) is 10.2. The fraction of sp³-hybridized carbons (Fsp3) is 0.381. The fourth-order valence-corrected chi connectivity index (χ4v) is 3.36. The van der Waals surface area contributed by atoms with Crippen molar-refractivity contribution in [2.75, 3.05) is 25.0 Å². The first-order valence-corrected chi connectivity index (χ1v) is 10.0. The number of nitrogens with zero attached hydrogens (tertiary/aromatic N) is 1. The van der Waals surface area contributed by atoms with Crippen molar-refractivity contribution in [2.24, 2.45) is 0 Å². The SMILES string of the molecule is O=C(Nc1ccc(Cl)cc1)OC(CN1CCC[C@H](Oc2ccc(F)cc2)C1)C(F)(F)F. The first-order chi connectivity index (χ1) is 14.7. The third-order valence-electron chi connectivity index (χ3n) is 4.71. The van der Waals surface area contributed by atoms with Gasteiger partial charge in [-0.25, -0.2) is 9.18 Å². The second-order valence-corrected chi connectivity index (χ2v) is 7.60. The fourth-order valence-electron chi connectivity index (χ4n) is 3.23. The average molecular weight is 461 g/mol. The molecule has 1 fully saturated rings. The van der Waals surface area contributed by atoms with Crippen molar-refractivity contribution >= 4 is 23.4 Å².